The van der Waals surface area contributed by atoms with E-state index in [1.54, 1.807) is 18.0 Å². The number of rotatable bonds is 7. The summed E-state index contributed by atoms with van der Waals surface area (Å²) < 4.78 is 0. The van der Waals surface area contributed by atoms with E-state index in [1.165, 1.54) is 0 Å². The van der Waals surface area contributed by atoms with Crippen LogP contribution in [0.4, 0.5) is 11.8 Å². The first-order valence-corrected chi connectivity index (χ1v) is 7.04. The molecule has 0 amide bonds. The van der Waals surface area contributed by atoms with E-state index in [2.05, 4.69) is 33.8 Å². The van der Waals surface area contributed by atoms with Gasteiger partial charge in [0.15, 0.2) is 5.82 Å². The molecule has 1 rings (SSSR count). The fourth-order valence-corrected chi connectivity index (χ4v) is 1.55. The van der Waals surface area contributed by atoms with Crippen LogP contribution in [0.15, 0.2) is 6.20 Å². The van der Waals surface area contributed by atoms with Crippen molar-refractivity contribution in [3.8, 4) is 0 Å². The molecule has 16 heavy (non-hydrogen) atoms. The molecule has 1 aromatic rings. The van der Waals surface area contributed by atoms with Crippen molar-refractivity contribution in [2.24, 2.45) is 0 Å². The average Bonchev–Trinajstić information content (AvgIpc) is 2.30. The second-order valence-electron chi connectivity index (χ2n) is 3.24. The molecule has 6 heteroatoms. The van der Waals surface area contributed by atoms with Gasteiger partial charge in [-0.3, -0.25) is 0 Å². The van der Waals surface area contributed by atoms with E-state index in [0.717, 1.165) is 25.3 Å². The molecule has 0 atom stereocenters. The molecule has 4 nitrogen and oxygen atoms in total. The maximum atomic E-state index is 5.99. The molecule has 90 valence electrons. The number of halogens is 1. The minimum absolute atomic E-state index is 0.558. The van der Waals surface area contributed by atoms with Crippen molar-refractivity contribution in [2.75, 3.05) is 35.7 Å². The Morgan fingerprint density at radius 2 is 2.19 bits per heavy atom. The van der Waals surface area contributed by atoms with Gasteiger partial charge in [-0.2, -0.15) is 16.7 Å². The van der Waals surface area contributed by atoms with Crippen LogP contribution in [-0.4, -0.2) is 35.1 Å². The summed E-state index contributed by atoms with van der Waals surface area (Å²) in [5.74, 6) is 2.35. The molecule has 0 aliphatic heterocycles. The van der Waals surface area contributed by atoms with Gasteiger partial charge in [0.2, 0.25) is 5.95 Å². The van der Waals surface area contributed by atoms with Crippen LogP contribution in [-0.2, 0) is 0 Å². The molecule has 0 fully saturated rings. The van der Waals surface area contributed by atoms with Gasteiger partial charge in [0.25, 0.3) is 0 Å². The average molecular weight is 261 g/mol. The summed E-state index contributed by atoms with van der Waals surface area (Å²) in [6, 6.07) is 0. The Kier molecular flexibility index (Phi) is 6.33. The van der Waals surface area contributed by atoms with E-state index in [4.69, 9.17) is 11.6 Å². The summed E-state index contributed by atoms with van der Waals surface area (Å²) in [6.45, 7) is 3.82. The van der Waals surface area contributed by atoms with Gasteiger partial charge in [-0.1, -0.05) is 18.5 Å². The fraction of sp³-hybridized carbons (Fsp3) is 0.600. The zero-order valence-corrected chi connectivity index (χ0v) is 11.2. The Labute approximate surface area is 106 Å². The molecule has 1 heterocycles. The number of thioether (sulfide) groups is 1. The molecule has 2 N–H and O–H groups in total. The zero-order chi connectivity index (χ0) is 11.8. The van der Waals surface area contributed by atoms with Crippen LogP contribution >= 0.6 is 23.4 Å². The number of anilines is 2. The maximum Gasteiger partial charge on any atom is 0.224 e. The second kappa shape index (κ2) is 7.57. The van der Waals surface area contributed by atoms with Gasteiger partial charge in [-0.05, 0) is 12.7 Å². The molecule has 0 bridgehead atoms. The van der Waals surface area contributed by atoms with Crippen molar-refractivity contribution in [1.82, 2.24) is 9.97 Å². The fourth-order valence-electron chi connectivity index (χ4n) is 1.08. The number of hydrogen-bond acceptors (Lipinski definition) is 5. The normalized spacial score (nSPS) is 10.2. The highest BCUT2D eigenvalue weighted by molar-refractivity contribution is 7.98. The van der Waals surface area contributed by atoms with Crippen molar-refractivity contribution in [1.29, 1.82) is 0 Å². The number of aromatic nitrogens is 2. The van der Waals surface area contributed by atoms with Crippen molar-refractivity contribution < 1.29 is 0 Å². The van der Waals surface area contributed by atoms with Crippen LogP contribution in [0.3, 0.4) is 0 Å². The molecule has 0 saturated carbocycles. The quantitative estimate of drug-likeness (QED) is 0.739. The SMILES string of the molecule is CCCNc1ncc(Cl)c(NCCSC)n1. The van der Waals surface area contributed by atoms with E-state index < -0.39 is 0 Å². The summed E-state index contributed by atoms with van der Waals surface area (Å²) in [7, 11) is 0. The number of nitrogens with one attached hydrogen (secondary N) is 2. The molecule has 0 unspecified atom stereocenters. The highest BCUT2D eigenvalue weighted by Gasteiger charge is 2.03. The van der Waals surface area contributed by atoms with Crippen LogP contribution in [0.2, 0.25) is 5.02 Å². The van der Waals surface area contributed by atoms with Gasteiger partial charge in [0.05, 0.1) is 6.20 Å². The van der Waals surface area contributed by atoms with Crippen LogP contribution in [0.5, 0.6) is 0 Å². The largest absolute Gasteiger partial charge is 0.368 e. The lowest BCUT2D eigenvalue weighted by atomic mass is 10.5. The lowest BCUT2D eigenvalue weighted by Gasteiger charge is -2.08. The minimum Gasteiger partial charge on any atom is -0.368 e. The lowest BCUT2D eigenvalue weighted by molar-refractivity contribution is 0.951. The van der Waals surface area contributed by atoms with Crippen LogP contribution in [0.1, 0.15) is 13.3 Å². The van der Waals surface area contributed by atoms with Crippen LogP contribution in [0.25, 0.3) is 0 Å². The first-order chi connectivity index (χ1) is 7.77. The Balaban J connectivity index is 2.59. The smallest absolute Gasteiger partial charge is 0.224 e. The third-order valence-electron chi connectivity index (χ3n) is 1.88. The molecular weight excluding hydrogens is 244 g/mol. The maximum absolute atomic E-state index is 5.99. The first-order valence-electron chi connectivity index (χ1n) is 5.27. The minimum atomic E-state index is 0.558. The van der Waals surface area contributed by atoms with Gasteiger partial charge in [0, 0.05) is 18.8 Å². The molecule has 0 radical (unpaired) electrons. The van der Waals surface area contributed by atoms with Crippen molar-refractivity contribution in [3.63, 3.8) is 0 Å². The molecule has 0 spiro atoms. The summed E-state index contributed by atoms with van der Waals surface area (Å²) in [6.07, 6.45) is 4.73. The third-order valence-corrected chi connectivity index (χ3v) is 2.76. The summed E-state index contributed by atoms with van der Waals surface area (Å²) >= 11 is 7.77. The predicted molar refractivity (Wildman–Crippen MR) is 72.7 cm³/mol. The van der Waals surface area contributed by atoms with Crippen LogP contribution in [0, 0.1) is 0 Å². The Hall–Kier alpha value is -0.680. The van der Waals surface area contributed by atoms with Gasteiger partial charge in [-0.15, -0.1) is 0 Å². The van der Waals surface area contributed by atoms with Crippen molar-refractivity contribution >= 4 is 35.1 Å². The van der Waals surface area contributed by atoms with Crippen molar-refractivity contribution in [2.45, 2.75) is 13.3 Å². The highest BCUT2D eigenvalue weighted by Crippen LogP contribution is 2.19. The standard InChI is InChI=1S/C10H17ClN4S/c1-3-4-13-10-14-7-8(11)9(15-10)12-5-6-16-2/h7H,3-6H2,1-2H3,(H2,12,13,14,15). The molecule has 0 aliphatic rings. The van der Waals surface area contributed by atoms with Crippen LogP contribution < -0.4 is 10.6 Å². The van der Waals surface area contributed by atoms with Crippen molar-refractivity contribution in [3.05, 3.63) is 11.2 Å². The summed E-state index contributed by atoms with van der Waals surface area (Å²) in [4.78, 5) is 8.41. The zero-order valence-electron chi connectivity index (χ0n) is 9.59. The van der Waals surface area contributed by atoms with Gasteiger partial charge >= 0.3 is 0 Å². The summed E-state index contributed by atoms with van der Waals surface area (Å²) in [5, 5.41) is 6.87. The topological polar surface area (TPSA) is 49.8 Å². The van der Waals surface area contributed by atoms with E-state index in [1.807, 2.05) is 0 Å². The van der Waals surface area contributed by atoms with E-state index in [0.29, 0.717) is 16.8 Å². The molecule has 0 saturated heterocycles. The van der Waals surface area contributed by atoms with Gasteiger partial charge in [-0.25, -0.2) is 4.98 Å². The molecular formula is C10H17ClN4S. The predicted octanol–water partition coefficient (Wildman–Crippen LogP) is 2.73. The van der Waals surface area contributed by atoms with E-state index in [-0.39, 0.29) is 0 Å². The Morgan fingerprint density at radius 3 is 2.88 bits per heavy atom. The highest BCUT2D eigenvalue weighted by atomic mass is 35.5. The van der Waals surface area contributed by atoms with E-state index >= 15 is 0 Å². The molecule has 0 aromatic carbocycles. The monoisotopic (exact) mass is 260 g/mol. The first kappa shape index (κ1) is 13.4. The third kappa shape index (κ3) is 4.45. The molecule has 0 aliphatic carbocycles. The Morgan fingerprint density at radius 1 is 1.38 bits per heavy atom. The Bertz CT molecular complexity index is 322. The lowest BCUT2D eigenvalue weighted by Crippen LogP contribution is -2.09. The number of nitrogens with zero attached hydrogens (tertiary/aromatic N) is 2. The van der Waals surface area contributed by atoms with E-state index in [9.17, 15) is 0 Å². The van der Waals surface area contributed by atoms with Gasteiger partial charge in [0.1, 0.15) is 5.02 Å². The second-order valence-corrected chi connectivity index (χ2v) is 4.63. The van der Waals surface area contributed by atoms with Gasteiger partial charge < -0.3 is 10.6 Å². The molecule has 1 aromatic heterocycles. The summed E-state index contributed by atoms with van der Waals surface area (Å²) in [5.41, 5.74) is 0. The number of hydrogen-bond donors (Lipinski definition) is 2.